The second-order valence-corrected chi connectivity index (χ2v) is 4.87. The van der Waals surface area contributed by atoms with Crippen LogP contribution in [-0.2, 0) is 17.8 Å². The molecule has 21 heavy (non-hydrogen) atoms. The average Bonchev–Trinajstić information content (AvgIpc) is 2.49. The van der Waals surface area contributed by atoms with Crippen LogP contribution >= 0.6 is 0 Å². The molecule has 0 unspecified atom stereocenters. The Labute approximate surface area is 123 Å². The molecule has 2 aromatic rings. The van der Waals surface area contributed by atoms with Crippen molar-refractivity contribution < 1.29 is 9.18 Å². The first-order chi connectivity index (χ1) is 10.1. The van der Waals surface area contributed by atoms with E-state index in [4.69, 9.17) is 5.26 Å². The standard InChI is InChI=1S/C17H15FN2O/c1-20(12-15-4-2-3-14(9-15)11-19)17(21)10-13-5-7-16(18)8-6-13/h2-9H,10,12H2,1H3. The highest BCUT2D eigenvalue weighted by Gasteiger charge is 2.10. The quantitative estimate of drug-likeness (QED) is 0.865. The minimum Gasteiger partial charge on any atom is -0.341 e. The molecule has 0 radical (unpaired) electrons. The summed E-state index contributed by atoms with van der Waals surface area (Å²) in [4.78, 5) is 13.7. The number of rotatable bonds is 4. The summed E-state index contributed by atoms with van der Waals surface area (Å²) in [5.74, 6) is -0.364. The molecule has 0 aliphatic rings. The second-order valence-electron chi connectivity index (χ2n) is 4.87. The van der Waals surface area contributed by atoms with Crippen molar-refractivity contribution in [2.45, 2.75) is 13.0 Å². The van der Waals surface area contributed by atoms with Crippen molar-refractivity contribution in [3.05, 3.63) is 71.0 Å². The first kappa shape index (κ1) is 14.7. The highest BCUT2D eigenvalue weighted by molar-refractivity contribution is 5.78. The molecular weight excluding hydrogens is 267 g/mol. The molecule has 0 aromatic heterocycles. The van der Waals surface area contributed by atoms with Crippen LogP contribution in [0.2, 0.25) is 0 Å². The smallest absolute Gasteiger partial charge is 0.227 e. The molecule has 0 aliphatic heterocycles. The zero-order chi connectivity index (χ0) is 15.2. The third kappa shape index (κ3) is 4.15. The van der Waals surface area contributed by atoms with Gasteiger partial charge in [0.05, 0.1) is 18.1 Å². The van der Waals surface area contributed by atoms with Crippen LogP contribution in [0.5, 0.6) is 0 Å². The molecule has 0 heterocycles. The van der Waals surface area contributed by atoms with Crippen LogP contribution in [0.15, 0.2) is 48.5 Å². The number of carbonyl (C=O) groups is 1. The number of hydrogen-bond donors (Lipinski definition) is 0. The van der Waals surface area contributed by atoms with Gasteiger partial charge >= 0.3 is 0 Å². The van der Waals surface area contributed by atoms with Gasteiger partial charge in [-0.3, -0.25) is 4.79 Å². The lowest BCUT2D eigenvalue weighted by Gasteiger charge is -2.17. The fourth-order valence-electron chi connectivity index (χ4n) is 2.01. The Morgan fingerprint density at radius 1 is 1.19 bits per heavy atom. The van der Waals surface area contributed by atoms with Crippen LogP contribution in [0.3, 0.4) is 0 Å². The van der Waals surface area contributed by atoms with E-state index in [9.17, 15) is 9.18 Å². The van der Waals surface area contributed by atoms with E-state index in [0.29, 0.717) is 12.1 Å². The van der Waals surface area contributed by atoms with E-state index in [0.717, 1.165) is 11.1 Å². The Hall–Kier alpha value is -2.67. The lowest BCUT2D eigenvalue weighted by Crippen LogP contribution is -2.27. The van der Waals surface area contributed by atoms with E-state index in [1.807, 2.05) is 6.07 Å². The molecule has 0 atom stereocenters. The minimum atomic E-state index is -0.312. The Balaban J connectivity index is 1.99. The minimum absolute atomic E-state index is 0.0519. The number of nitrogens with zero attached hydrogens (tertiary/aromatic N) is 2. The van der Waals surface area contributed by atoms with Crippen LogP contribution in [0.1, 0.15) is 16.7 Å². The second kappa shape index (κ2) is 6.67. The molecule has 4 heteroatoms. The zero-order valence-corrected chi connectivity index (χ0v) is 11.7. The summed E-state index contributed by atoms with van der Waals surface area (Å²) in [6.45, 7) is 0.440. The number of amides is 1. The zero-order valence-electron chi connectivity index (χ0n) is 11.7. The van der Waals surface area contributed by atoms with Gasteiger partial charge in [-0.1, -0.05) is 24.3 Å². The summed E-state index contributed by atoms with van der Waals surface area (Å²) in [6.07, 6.45) is 0.231. The Bertz CT molecular complexity index is 674. The monoisotopic (exact) mass is 282 g/mol. The molecule has 0 fully saturated rings. The molecule has 0 saturated carbocycles. The molecule has 0 aliphatic carbocycles. The normalized spacial score (nSPS) is 9.95. The fraction of sp³-hybridized carbons (Fsp3) is 0.176. The molecule has 0 N–H and O–H groups in total. The molecule has 0 bridgehead atoms. The van der Waals surface area contributed by atoms with Crippen molar-refractivity contribution >= 4 is 5.91 Å². The van der Waals surface area contributed by atoms with Crippen molar-refractivity contribution in [3.63, 3.8) is 0 Å². The molecule has 2 rings (SSSR count). The maximum Gasteiger partial charge on any atom is 0.227 e. The highest BCUT2D eigenvalue weighted by Crippen LogP contribution is 2.09. The number of carbonyl (C=O) groups excluding carboxylic acids is 1. The average molecular weight is 282 g/mol. The number of benzene rings is 2. The van der Waals surface area contributed by atoms with Crippen molar-refractivity contribution in [1.82, 2.24) is 4.90 Å². The van der Waals surface area contributed by atoms with E-state index in [1.165, 1.54) is 12.1 Å². The number of halogens is 1. The summed E-state index contributed by atoms with van der Waals surface area (Å²) in [6, 6.07) is 15.2. The largest absolute Gasteiger partial charge is 0.341 e. The highest BCUT2D eigenvalue weighted by atomic mass is 19.1. The molecule has 3 nitrogen and oxygen atoms in total. The molecule has 106 valence electrons. The molecule has 0 spiro atoms. The van der Waals surface area contributed by atoms with E-state index in [1.54, 1.807) is 42.3 Å². The third-order valence-electron chi connectivity index (χ3n) is 3.17. The van der Waals surface area contributed by atoms with E-state index < -0.39 is 0 Å². The van der Waals surface area contributed by atoms with Crippen molar-refractivity contribution in [1.29, 1.82) is 5.26 Å². The van der Waals surface area contributed by atoms with Gasteiger partial charge in [0.1, 0.15) is 5.82 Å². The van der Waals surface area contributed by atoms with E-state index in [-0.39, 0.29) is 18.1 Å². The van der Waals surface area contributed by atoms with E-state index >= 15 is 0 Å². The molecule has 0 saturated heterocycles. The SMILES string of the molecule is CN(Cc1cccc(C#N)c1)C(=O)Cc1ccc(F)cc1. The summed E-state index contributed by atoms with van der Waals surface area (Å²) < 4.78 is 12.8. The van der Waals surface area contributed by atoms with Gasteiger partial charge in [-0.2, -0.15) is 5.26 Å². The van der Waals surface area contributed by atoms with Crippen LogP contribution in [-0.4, -0.2) is 17.9 Å². The number of nitriles is 1. The van der Waals surface area contributed by atoms with Gasteiger partial charge in [-0.25, -0.2) is 4.39 Å². The van der Waals surface area contributed by atoms with Crippen molar-refractivity contribution in [2.24, 2.45) is 0 Å². The summed E-state index contributed by atoms with van der Waals surface area (Å²) in [5, 5.41) is 8.86. The summed E-state index contributed by atoms with van der Waals surface area (Å²) in [7, 11) is 1.71. The Morgan fingerprint density at radius 3 is 2.57 bits per heavy atom. The van der Waals surface area contributed by atoms with Gasteiger partial charge in [0.15, 0.2) is 0 Å². The van der Waals surface area contributed by atoms with Gasteiger partial charge in [0, 0.05) is 13.6 Å². The van der Waals surface area contributed by atoms with Crippen LogP contribution in [0, 0.1) is 17.1 Å². The maximum absolute atomic E-state index is 12.8. The molecule has 1 amide bonds. The van der Waals surface area contributed by atoms with Gasteiger partial charge in [0.2, 0.25) is 5.91 Å². The Morgan fingerprint density at radius 2 is 1.90 bits per heavy atom. The summed E-state index contributed by atoms with van der Waals surface area (Å²) >= 11 is 0. The fourth-order valence-corrected chi connectivity index (χ4v) is 2.01. The number of likely N-dealkylation sites (N-methyl/N-ethyl adjacent to an activating group) is 1. The topological polar surface area (TPSA) is 44.1 Å². The van der Waals surface area contributed by atoms with Gasteiger partial charge in [-0.05, 0) is 35.4 Å². The van der Waals surface area contributed by atoms with Gasteiger partial charge in [0.25, 0.3) is 0 Å². The predicted octanol–water partition coefficient (Wildman–Crippen LogP) is 2.90. The van der Waals surface area contributed by atoms with Crippen LogP contribution in [0.25, 0.3) is 0 Å². The summed E-state index contributed by atoms with van der Waals surface area (Å²) in [5.41, 5.74) is 2.26. The van der Waals surface area contributed by atoms with E-state index in [2.05, 4.69) is 6.07 Å². The predicted molar refractivity (Wildman–Crippen MR) is 77.7 cm³/mol. The molecular formula is C17H15FN2O. The van der Waals surface area contributed by atoms with Crippen molar-refractivity contribution in [3.8, 4) is 6.07 Å². The Kier molecular flexibility index (Phi) is 4.68. The van der Waals surface area contributed by atoms with Gasteiger partial charge < -0.3 is 4.90 Å². The van der Waals surface area contributed by atoms with Gasteiger partial charge in [-0.15, -0.1) is 0 Å². The number of hydrogen-bond acceptors (Lipinski definition) is 2. The van der Waals surface area contributed by atoms with Crippen LogP contribution in [0.4, 0.5) is 4.39 Å². The first-order valence-corrected chi connectivity index (χ1v) is 6.56. The molecule has 2 aromatic carbocycles. The first-order valence-electron chi connectivity index (χ1n) is 6.56. The lowest BCUT2D eigenvalue weighted by molar-refractivity contribution is -0.129. The van der Waals surface area contributed by atoms with Crippen LogP contribution < -0.4 is 0 Å². The van der Waals surface area contributed by atoms with Crippen molar-refractivity contribution in [2.75, 3.05) is 7.05 Å². The maximum atomic E-state index is 12.8. The lowest BCUT2D eigenvalue weighted by atomic mass is 10.1. The third-order valence-corrected chi connectivity index (χ3v) is 3.17.